The van der Waals surface area contributed by atoms with Gasteiger partial charge in [0.15, 0.2) is 17.5 Å². The van der Waals surface area contributed by atoms with Gasteiger partial charge < -0.3 is 0 Å². The maximum Gasteiger partial charge on any atom is 0.159 e. The van der Waals surface area contributed by atoms with Crippen molar-refractivity contribution in [1.29, 1.82) is 0 Å². The predicted octanol–water partition coefficient (Wildman–Crippen LogP) is 6.74. The van der Waals surface area contributed by atoms with Crippen molar-refractivity contribution in [3.05, 3.63) is 47.8 Å². The van der Waals surface area contributed by atoms with Gasteiger partial charge in [-0.1, -0.05) is 58.3 Å². The molecule has 0 spiro atoms. The molecule has 0 radical (unpaired) electrons. The summed E-state index contributed by atoms with van der Waals surface area (Å²) in [5.74, 6) is 0.482. The molecule has 27 heavy (non-hydrogen) atoms. The second kappa shape index (κ2) is 9.91. The van der Waals surface area contributed by atoms with Gasteiger partial charge in [-0.3, -0.25) is 0 Å². The Labute approximate surface area is 161 Å². The van der Waals surface area contributed by atoms with Crippen molar-refractivity contribution in [2.75, 3.05) is 0 Å². The molecule has 1 aromatic carbocycles. The van der Waals surface area contributed by atoms with Crippen LogP contribution in [0.4, 0.5) is 8.78 Å². The molecule has 0 atom stereocenters. The van der Waals surface area contributed by atoms with Gasteiger partial charge in [0.25, 0.3) is 0 Å². The second-order valence-corrected chi connectivity index (χ2v) is 7.97. The van der Waals surface area contributed by atoms with Crippen LogP contribution in [0, 0.1) is 23.5 Å². The summed E-state index contributed by atoms with van der Waals surface area (Å²) < 4.78 is 26.4. The van der Waals surface area contributed by atoms with E-state index in [1.165, 1.54) is 63.9 Å². The van der Waals surface area contributed by atoms with Gasteiger partial charge in [-0.15, -0.1) is 0 Å². The molecule has 0 unspecified atom stereocenters. The summed E-state index contributed by atoms with van der Waals surface area (Å²) in [6.07, 6.45) is 16.8. The van der Waals surface area contributed by atoms with E-state index in [2.05, 4.69) is 16.9 Å². The fraction of sp³-hybridized carbons (Fsp3) is 0.565. The number of nitrogens with zero attached hydrogens (tertiary/aromatic N) is 2. The number of benzene rings is 1. The Morgan fingerprint density at radius 1 is 0.889 bits per heavy atom. The number of hydrogen-bond acceptors (Lipinski definition) is 2. The SMILES string of the molecule is CCCCC[C@H]1CC[C@H](CCc2cnc(-c3ccc(F)c(F)c3)nc2)CC1. The minimum absolute atomic E-state index is 0.435. The van der Waals surface area contributed by atoms with Gasteiger partial charge in [0.05, 0.1) is 0 Å². The summed E-state index contributed by atoms with van der Waals surface area (Å²) in [6.45, 7) is 2.27. The van der Waals surface area contributed by atoms with E-state index >= 15 is 0 Å². The molecule has 4 heteroatoms. The molecule has 0 aliphatic heterocycles. The van der Waals surface area contributed by atoms with Crippen LogP contribution in [0.15, 0.2) is 30.6 Å². The number of aromatic nitrogens is 2. The molecule has 1 heterocycles. The van der Waals surface area contributed by atoms with Crippen molar-refractivity contribution in [3.8, 4) is 11.4 Å². The van der Waals surface area contributed by atoms with Crippen LogP contribution >= 0.6 is 0 Å². The minimum atomic E-state index is -0.870. The summed E-state index contributed by atoms with van der Waals surface area (Å²) in [6, 6.07) is 3.76. The molecule has 2 nitrogen and oxygen atoms in total. The fourth-order valence-corrected chi connectivity index (χ4v) is 4.13. The van der Waals surface area contributed by atoms with Gasteiger partial charge in [0.1, 0.15) is 0 Å². The largest absolute Gasteiger partial charge is 0.236 e. The minimum Gasteiger partial charge on any atom is -0.236 e. The van der Waals surface area contributed by atoms with E-state index < -0.39 is 11.6 Å². The summed E-state index contributed by atoms with van der Waals surface area (Å²) in [7, 11) is 0. The van der Waals surface area contributed by atoms with E-state index in [4.69, 9.17) is 0 Å². The molecular formula is C23H30F2N2. The van der Waals surface area contributed by atoms with Crippen LogP contribution in [0.1, 0.15) is 70.3 Å². The monoisotopic (exact) mass is 372 g/mol. The fourth-order valence-electron chi connectivity index (χ4n) is 4.13. The predicted molar refractivity (Wildman–Crippen MR) is 105 cm³/mol. The van der Waals surface area contributed by atoms with Gasteiger partial charge >= 0.3 is 0 Å². The zero-order valence-electron chi connectivity index (χ0n) is 16.3. The van der Waals surface area contributed by atoms with Crippen molar-refractivity contribution in [2.45, 2.75) is 71.1 Å². The normalized spacial score (nSPS) is 20.0. The quantitative estimate of drug-likeness (QED) is 0.479. The lowest BCUT2D eigenvalue weighted by Crippen LogP contribution is -2.15. The van der Waals surface area contributed by atoms with E-state index in [0.717, 1.165) is 36.0 Å². The third-order valence-electron chi connectivity index (χ3n) is 5.91. The molecule has 0 bridgehead atoms. The van der Waals surface area contributed by atoms with Crippen LogP contribution in [0.5, 0.6) is 0 Å². The van der Waals surface area contributed by atoms with Crippen molar-refractivity contribution in [2.24, 2.45) is 11.8 Å². The van der Waals surface area contributed by atoms with Crippen molar-refractivity contribution in [1.82, 2.24) is 9.97 Å². The maximum absolute atomic E-state index is 13.4. The first-order valence-electron chi connectivity index (χ1n) is 10.4. The lowest BCUT2D eigenvalue weighted by atomic mass is 9.78. The van der Waals surface area contributed by atoms with E-state index in [9.17, 15) is 8.78 Å². The van der Waals surface area contributed by atoms with Gasteiger partial charge in [0.2, 0.25) is 0 Å². The summed E-state index contributed by atoms with van der Waals surface area (Å²) in [5.41, 5.74) is 1.62. The number of aryl methyl sites for hydroxylation is 1. The molecule has 1 fully saturated rings. The van der Waals surface area contributed by atoms with Crippen molar-refractivity contribution < 1.29 is 8.78 Å². The summed E-state index contributed by atoms with van der Waals surface area (Å²) in [5, 5.41) is 0. The van der Waals surface area contributed by atoms with Crippen LogP contribution in [0.3, 0.4) is 0 Å². The molecular weight excluding hydrogens is 342 g/mol. The van der Waals surface area contributed by atoms with E-state index in [1.807, 2.05) is 12.4 Å². The average Bonchev–Trinajstić information content (AvgIpc) is 2.70. The first-order chi connectivity index (χ1) is 13.2. The standard InChI is InChI=1S/C23H30F2N2/c1-2-3-4-5-17-6-8-18(9-7-17)10-11-19-15-26-23(27-16-19)20-12-13-21(24)22(25)14-20/h12-18H,2-11H2,1H3/t17-,18-. The van der Waals surface area contributed by atoms with Crippen molar-refractivity contribution >= 4 is 0 Å². The summed E-state index contributed by atoms with van der Waals surface area (Å²) in [4.78, 5) is 8.67. The highest BCUT2D eigenvalue weighted by atomic mass is 19.2. The Balaban J connectivity index is 1.45. The van der Waals surface area contributed by atoms with Gasteiger partial charge in [-0.25, -0.2) is 18.7 Å². The highest BCUT2D eigenvalue weighted by molar-refractivity contribution is 5.54. The van der Waals surface area contributed by atoms with Gasteiger partial charge in [0, 0.05) is 18.0 Å². The Hall–Kier alpha value is -1.84. The Morgan fingerprint density at radius 3 is 2.19 bits per heavy atom. The number of rotatable bonds is 8. The Bertz CT molecular complexity index is 707. The molecule has 3 rings (SSSR count). The molecule has 146 valence electrons. The Kier molecular flexibility index (Phi) is 7.31. The lowest BCUT2D eigenvalue weighted by Gasteiger charge is -2.28. The molecule has 1 saturated carbocycles. The third kappa shape index (κ3) is 5.82. The van der Waals surface area contributed by atoms with E-state index in [0.29, 0.717) is 11.4 Å². The van der Waals surface area contributed by atoms with Gasteiger partial charge in [-0.2, -0.15) is 0 Å². The molecule has 0 amide bonds. The molecule has 0 saturated heterocycles. The van der Waals surface area contributed by atoms with Crippen molar-refractivity contribution in [3.63, 3.8) is 0 Å². The number of halogens is 2. The first kappa shape index (κ1) is 19.9. The van der Waals surface area contributed by atoms with Gasteiger partial charge in [-0.05, 0) is 48.4 Å². The molecule has 1 aliphatic carbocycles. The number of hydrogen-bond donors (Lipinski definition) is 0. The van der Waals surface area contributed by atoms with Crippen LogP contribution in [0.25, 0.3) is 11.4 Å². The third-order valence-corrected chi connectivity index (χ3v) is 5.91. The Morgan fingerprint density at radius 2 is 1.56 bits per heavy atom. The zero-order chi connectivity index (χ0) is 19.1. The lowest BCUT2D eigenvalue weighted by molar-refractivity contribution is 0.249. The zero-order valence-corrected chi connectivity index (χ0v) is 16.3. The smallest absolute Gasteiger partial charge is 0.159 e. The second-order valence-electron chi connectivity index (χ2n) is 7.97. The van der Waals surface area contributed by atoms with E-state index in [-0.39, 0.29) is 0 Å². The maximum atomic E-state index is 13.4. The highest BCUT2D eigenvalue weighted by Crippen LogP contribution is 2.34. The average molecular weight is 373 g/mol. The summed E-state index contributed by atoms with van der Waals surface area (Å²) >= 11 is 0. The first-order valence-corrected chi connectivity index (χ1v) is 10.4. The van der Waals surface area contributed by atoms with Crippen LogP contribution < -0.4 is 0 Å². The van der Waals surface area contributed by atoms with E-state index in [1.54, 1.807) is 0 Å². The molecule has 1 aliphatic rings. The van der Waals surface area contributed by atoms with Crippen LogP contribution in [-0.2, 0) is 6.42 Å². The van der Waals surface area contributed by atoms with Crippen LogP contribution in [-0.4, -0.2) is 9.97 Å². The topological polar surface area (TPSA) is 25.8 Å². The molecule has 0 N–H and O–H groups in total. The van der Waals surface area contributed by atoms with Crippen LogP contribution in [0.2, 0.25) is 0 Å². The molecule has 1 aromatic heterocycles. The molecule has 2 aromatic rings. The number of unbranched alkanes of at least 4 members (excludes halogenated alkanes) is 2. The highest BCUT2D eigenvalue weighted by Gasteiger charge is 2.20.